The van der Waals surface area contributed by atoms with Crippen molar-refractivity contribution in [3.63, 3.8) is 0 Å². The van der Waals surface area contributed by atoms with Gasteiger partial charge in [-0.25, -0.2) is 0 Å². The molecule has 1 aromatic rings. The number of rotatable bonds is 8. The van der Waals surface area contributed by atoms with Gasteiger partial charge in [0, 0.05) is 45.4 Å². The third-order valence-electron chi connectivity index (χ3n) is 5.92. The monoisotopic (exact) mass is 452 g/mol. The standard InChI is InChI=1S/C22H40N6O4/c1-17-12-28(18(2)15-29)22(31)9-7-11-27-13-19(23-24-27)16-32-20(17)14-26(5)21(30)8-6-10-25(3)4/h13,17-18,20,29H,6-12,14-16H2,1-5H3/t17-,18+,20+/m0/s1. The van der Waals surface area contributed by atoms with Crippen molar-refractivity contribution in [3.8, 4) is 0 Å². The molecule has 0 saturated carbocycles. The molecule has 2 bridgehead atoms. The van der Waals surface area contributed by atoms with Crippen molar-refractivity contribution < 1.29 is 19.4 Å². The lowest BCUT2D eigenvalue weighted by atomic mass is 10.0. The van der Waals surface area contributed by atoms with Gasteiger partial charge in [-0.15, -0.1) is 5.10 Å². The van der Waals surface area contributed by atoms with Crippen molar-refractivity contribution >= 4 is 11.8 Å². The van der Waals surface area contributed by atoms with E-state index in [1.165, 1.54) is 0 Å². The Morgan fingerprint density at radius 3 is 2.81 bits per heavy atom. The van der Waals surface area contributed by atoms with E-state index in [4.69, 9.17) is 4.74 Å². The molecule has 1 aliphatic rings. The summed E-state index contributed by atoms with van der Waals surface area (Å²) in [7, 11) is 5.78. The molecule has 0 unspecified atom stereocenters. The molecular weight excluding hydrogens is 412 g/mol. The first-order chi connectivity index (χ1) is 15.2. The molecule has 32 heavy (non-hydrogen) atoms. The van der Waals surface area contributed by atoms with Gasteiger partial charge in [-0.2, -0.15) is 0 Å². The molecule has 10 nitrogen and oxygen atoms in total. The van der Waals surface area contributed by atoms with E-state index in [1.807, 2.05) is 34.1 Å². The molecule has 182 valence electrons. The van der Waals surface area contributed by atoms with Crippen LogP contribution in [0, 0.1) is 5.92 Å². The third kappa shape index (κ3) is 8.14. The van der Waals surface area contributed by atoms with Crippen molar-refractivity contribution in [2.45, 2.75) is 64.8 Å². The lowest BCUT2D eigenvalue weighted by Crippen LogP contribution is -2.47. The summed E-state index contributed by atoms with van der Waals surface area (Å²) in [6, 6.07) is -0.279. The van der Waals surface area contributed by atoms with Gasteiger partial charge in [-0.05, 0) is 40.4 Å². The first-order valence-electron chi connectivity index (χ1n) is 11.5. The molecule has 2 amide bonds. The first kappa shape index (κ1) is 26.2. The number of nitrogens with zero attached hydrogens (tertiary/aromatic N) is 6. The van der Waals surface area contributed by atoms with Crippen molar-refractivity contribution in [3.05, 3.63) is 11.9 Å². The van der Waals surface area contributed by atoms with Crippen molar-refractivity contribution in [1.82, 2.24) is 29.7 Å². The summed E-state index contributed by atoms with van der Waals surface area (Å²) in [6.07, 6.45) is 3.87. The van der Waals surface area contributed by atoms with Crippen LogP contribution < -0.4 is 0 Å². The van der Waals surface area contributed by atoms with Crippen LogP contribution in [0.4, 0.5) is 0 Å². The molecule has 0 spiro atoms. The van der Waals surface area contributed by atoms with Gasteiger partial charge in [0.25, 0.3) is 0 Å². The Bertz CT molecular complexity index is 725. The average molecular weight is 453 g/mol. The van der Waals surface area contributed by atoms with Crippen LogP contribution in [0.3, 0.4) is 0 Å². The van der Waals surface area contributed by atoms with Crippen LogP contribution in [-0.4, -0.2) is 106 Å². The molecule has 1 aliphatic heterocycles. The predicted molar refractivity (Wildman–Crippen MR) is 121 cm³/mol. The molecule has 0 aliphatic carbocycles. The van der Waals surface area contributed by atoms with Crippen LogP contribution in [-0.2, 0) is 27.5 Å². The maximum absolute atomic E-state index is 12.9. The van der Waals surface area contributed by atoms with Crippen LogP contribution in [0.5, 0.6) is 0 Å². The number of hydrogen-bond donors (Lipinski definition) is 1. The van der Waals surface area contributed by atoms with E-state index in [0.29, 0.717) is 45.5 Å². The van der Waals surface area contributed by atoms with Gasteiger partial charge in [-0.3, -0.25) is 14.3 Å². The largest absolute Gasteiger partial charge is 0.394 e. The number of amides is 2. The number of aliphatic hydroxyl groups is 1. The van der Waals surface area contributed by atoms with E-state index in [-0.39, 0.29) is 36.5 Å². The zero-order chi connectivity index (χ0) is 23.7. The maximum Gasteiger partial charge on any atom is 0.222 e. The second kappa shape index (κ2) is 12.9. The Labute approximate surface area is 191 Å². The zero-order valence-electron chi connectivity index (χ0n) is 20.2. The topological polar surface area (TPSA) is 104 Å². The van der Waals surface area contributed by atoms with Gasteiger partial charge in [0.2, 0.25) is 11.8 Å². The molecule has 0 saturated heterocycles. The van der Waals surface area contributed by atoms with Crippen LogP contribution in [0.25, 0.3) is 0 Å². The second-order valence-electron chi connectivity index (χ2n) is 9.16. The SMILES string of the molecule is C[C@H](CO)N1C[C@H](C)[C@@H](CN(C)C(=O)CCCN(C)C)OCc2cn(nn2)CCCC1=O. The van der Waals surface area contributed by atoms with Gasteiger partial charge in [0.05, 0.1) is 31.6 Å². The van der Waals surface area contributed by atoms with Crippen LogP contribution in [0.1, 0.15) is 45.2 Å². The predicted octanol–water partition coefficient (Wildman–Crippen LogP) is 0.603. The highest BCUT2D eigenvalue weighted by Gasteiger charge is 2.28. The van der Waals surface area contributed by atoms with Gasteiger partial charge >= 0.3 is 0 Å². The highest BCUT2D eigenvalue weighted by atomic mass is 16.5. The number of carbonyl (C=O) groups is 2. The summed E-state index contributed by atoms with van der Waals surface area (Å²) in [4.78, 5) is 31.0. The van der Waals surface area contributed by atoms with Crippen LogP contribution >= 0.6 is 0 Å². The fraction of sp³-hybridized carbons (Fsp3) is 0.818. The number of hydrogen-bond acceptors (Lipinski definition) is 7. The molecular formula is C22H40N6O4. The normalized spacial score (nSPS) is 21.6. The Balaban J connectivity index is 2.13. The van der Waals surface area contributed by atoms with Crippen LogP contribution in [0.15, 0.2) is 6.20 Å². The molecule has 2 rings (SSSR count). The fourth-order valence-corrected chi connectivity index (χ4v) is 3.80. The maximum atomic E-state index is 12.9. The van der Waals surface area contributed by atoms with Crippen molar-refractivity contribution in [2.24, 2.45) is 5.92 Å². The molecule has 10 heteroatoms. The van der Waals surface area contributed by atoms with E-state index in [9.17, 15) is 14.7 Å². The van der Waals surface area contributed by atoms with E-state index in [1.54, 1.807) is 21.5 Å². The average Bonchev–Trinajstić information content (AvgIpc) is 3.20. The molecule has 1 aromatic heterocycles. The van der Waals surface area contributed by atoms with Gasteiger partial charge in [0.1, 0.15) is 5.69 Å². The summed E-state index contributed by atoms with van der Waals surface area (Å²) < 4.78 is 7.93. The molecule has 2 heterocycles. The lowest BCUT2D eigenvalue weighted by Gasteiger charge is -2.35. The van der Waals surface area contributed by atoms with Gasteiger partial charge in [-0.1, -0.05) is 12.1 Å². The highest BCUT2D eigenvalue weighted by molar-refractivity contribution is 5.76. The Hall–Kier alpha value is -2.04. The Kier molecular flexibility index (Phi) is 10.5. The number of likely N-dealkylation sites (N-methyl/N-ethyl adjacent to an activating group) is 1. The number of aliphatic hydroxyl groups excluding tert-OH is 1. The first-order valence-corrected chi connectivity index (χ1v) is 11.5. The minimum Gasteiger partial charge on any atom is -0.394 e. The second-order valence-corrected chi connectivity index (χ2v) is 9.16. The molecule has 1 N–H and O–H groups in total. The Morgan fingerprint density at radius 2 is 2.12 bits per heavy atom. The van der Waals surface area contributed by atoms with E-state index < -0.39 is 0 Å². The van der Waals surface area contributed by atoms with Crippen LogP contribution in [0.2, 0.25) is 0 Å². The smallest absolute Gasteiger partial charge is 0.222 e. The highest BCUT2D eigenvalue weighted by Crippen LogP contribution is 2.18. The number of fused-ring (bicyclic) bond motifs is 2. The Morgan fingerprint density at radius 1 is 1.38 bits per heavy atom. The number of carbonyl (C=O) groups excluding carboxylic acids is 2. The number of aromatic nitrogens is 3. The van der Waals surface area contributed by atoms with Crippen molar-refractivity contribution in [1.29, 1.82) is 0 Å². The minimum absolute atomic E-state index is 0.00449. The van der Waals surface area contributed by atoms with E-state index in [2.05, 4.69) is 15.2 Å². The quantitative estimate of drug-likeness (QED) is 0.616. The van der Waals surface area contributed by atoms with Gasteiger partial charge in [0.15, 0.2) is 0 Å². The zero-order valence-corrected chi connectivity index (χ0v) is 20.2. The van der Waals surface area contributed by atoms with Gasteiger partial charge < -0.3 is 24.5 Å². The fourth-order valence-electron chi connectivity index (χ4n) is 3.80. The van der Waals surface area contributed by atoms with E-state index in [0.717, 1.165) is 18.7 Å². The lowest BCUT2D eigenvalue weighted by molar-refractivity contribution is -0.138. The number of aryl methyl sites for hydroxylation is 1. The third-order valence-corrected chi connectivity index (χ3v) is 5.92. The molecule has 0 fully saturated rings. The summed E-state index contributed by atoms with van der Waals surface area (Å²) in [5, 5.41) is 18.0. The molecule has 0 aromatic carbocycles. The summed E-state index contributed by atoms with van der Waals surface area (Å²) >= 11 is 0. The molecule has 3 atom stereocenters. The van der Waals surface area contributed by atoms with E-state index >= 15 is 0 Å². The molecule has 0 radical (unpaired) electrons. The number of ether oxygens (including phenoxy) is 1. The summed E-state index contributed by atoms with van der Waals surface area (Å²) in [5.41, 5.74) is 0.730. The summed E-state index contributed by atoms with van der Waals surface area (Å²) in [5.74, 6) is 0.0406. The minimum atomic E-state index is -0.287. The van der Waals surface area contributed by atoms with Crippen molar-refractivity contribution in [2.75, 3.05) is 47.4 Å². The summed E-state index contributed by atoms with van der Waals surface area (Å²) in [6.45, 7) is 6.41.